The molecule has 2 aromatic heterocycles. The van der Waals surface area contributed by atoms with Crippen LogP contribution in [0.15, 0.2) is 83.6 Å². The van der Waals surface area contributed by atoms with E-state index in [2.05, 4.69) is 40.0 Å². The molecule has 0 unspecified atom stereocenters. The molecular weight excluding hydrogens is 436 g/mol. The Morgan fingerprint density at radius 1 is 1.00 bits per heavy atom. The summed E-state index contributed by atoms with van der Waals surface area (Å²) in [5, 5.41) is 3.05. The lowest BCUT2D eigenvalue weighted by Gasteiger charge is -2.12. The van der Waals surface area contributed by atoms with Crippen LogP contribution in [0.25, 0.3) is 22.4 Å². The van der Waals surface area contributed by atoms with Crippen molar-refractivity contribution < 1.29 is 9.21 Å². The first-order chi connectivity index (χ1) is 17.1. The number of amides is 1. The largest absolute Gasteiger partial charge is 0.443 e. The smallest absolute Gasteiger partial charge is 0.278 e. The van der Waals surface area contributed by atoms with Gasteiger partial charge in [-0.05, 0) is 49.6 Å². The lowest BCUT2D eigenvalue weighted by molar-refractivity contribution is 0.102. The third kappa shape index (κ3) is 4.73. The summed E-state index contributed by atoms with van der Waals surface area (Å²) in [5.41, 5.74) is 6.20. The van der Waals surface area contributed by atoms with Gasteiger partial charge in [-0.2, -0.15) is 0 Å². The predicted octanol–water partition coefficient (Wildman–Crippen LogP) is 6.45. The first kappa shape index (κ1) is 22.6. The standard InChI is InChI=1S/C29H28N4O2/c1-3-17-33-25-14-7-6-13-24(25)31-26(33)16-15-21-10-4-5-12-23(21)32-29(34)27-28(35-19-30-27)22-11-8-9-20(2)18-22/h4-14,18-19H,3,15-17H2,1-2H3,(H,32,34). The quantitative estimate of drug-likeness (QED) is 0.286. The molecule has 0 aliphatic rings. The summed E-state index contributed by atoms with van der Waals surface area (Å²) in [6.45, 7) is 5.12. The number of hydrogen-bond acceptors (Lipinski definition) is 4. The molecule has 6 nitrogen and oxygen atoms in total. The van der Waals surface area contributed by atoms with E-state index in [1.165, 1.54) is 11.9 Å². The molecule has 0 atom stereocenters. The molecule has 3 aromatic carbocycles. The van der Waals surface area contributed by atoms with E-state index in [0.717, 1.165) is 59.5 Å². The number of aryl methyl sites for hydroxylation is 4. The molecule has 0 radical (unpaired) electrons. The van der Waals surface area contributed by atoms with E-state index in [0.29, 0.717) is 5.76 Å². The van der Waals surface area contributed by atoms with Gasteiger partial charge in [0.15, 0.2) is 17.8 Å². The molecular formula is C29H28N4O2. The van der Waals surface area contributed by atoms with E-state index in [9.17, 15) is 4.79 Å². The van der Waals surface area contributed by atoms with Gasteiger partial charge >= 0.3 is 0 Å². The van der Waals surface area contributed by atoms with Gasteiger partial charge in [0.05, 0.1) is 11.0 Å². The van der Waals surface area contributed by atoms with E-state index in [1.54, 1.807) is 0 Å². The Labute approximate surface area is 204 Å². The number of benzene rings is 3. The van der Waals surface area contributed by atoms with E-state index in [4.69, 9.17) is 9.40 Å². The van der Waals surface area contributed by atoms with Crippen molar-refractivity contribution in [1.29, 1.82) is 0 Å². The Morgan fingerprint density at radius 2 is 1.83 bits per heavy atom. The van der Waals surface area contributed by atoms with Crippen LogP contribution in [0.4, 0.5) is 5.69 Å². The highest BCUT2D eigenvalue weighted by atomic mass is 16.3. The first-order valence-corrected chi connectivity index (χ1v) is 12.0. The van der Waals surface area contributed by atoms with Gasteiger partial charge in [-0.3, -0.25) is 4.79 Å². The number of para-hydroxylation sites is 3. The summed E-state index contributed by atoms with van der Waals surface area (Å²) in [5.74, 6) is 1.24. The van der Waals surface area contributed by atoms with Gasteiger partial charge in [-0.1, -0.05) is 61.0 Å². The molecule has 5 aromatic rings. The van der Waals surface area contributed by atoms with Crippen molar-refractivity contribution in [3.05, 3.63) is 102 Å². The van der Waals surface area contributed by atoms with Crippen LogP contribution >= 0.6 is 0 Å². The molecule has 6 heteroatoms. The summed E-state index contributed by atoms with van der Waals surface area (Å²) in [7, 11) is 0. The van der Waals surface area contributed by atoms with Gasteiger partial charge in [0.25, 0.3) is 5.91 Å². The molecule has 5 rings (SSSR count). The highest BCUT2D eigenvalue weighted by Gasteiger charge is 2.20. The molecule has 176 valence electrons. The fraction of sp³-hybridized carbons (Fsp3) is 0.207. The third-order valence-corrected chi connectivity index (χ3v) is 6.13. The molecule has 35 heavy (non-hydrogen) atoms. The van der Waals surface area contributed by atoms with Crippen LogP contribution in [-0.4, -0.2) is 20.4 Å². The summed E-state index contributed by atoms with van der Waals surface area (Å²) < 4.78 is 7.89. The second-order valence-electron chi connectivity index (χ2n) is 8.68. The molecule has 1 amide bonds. The zero-order valence-electron chi connectivity index (χ0n) is 20.0. The number of anilines is 1. The van der Waals surface area contributed by atoms with Crippen LogP contribution in [0.3, 0.4) is 0 Å². The number of nitrogens with one attached hydrogen (secondary N) is 1. The van der Waals surface area contributed by atoms with Crippen LogP contribution in [-0.2, 0) is 19.4 Å². The number of carbonyl (C=O) groups excluding carboxylic acids is 1. The van der Waals surface area contributed by atoms with Crippen molar-refractivity contribution in [3.8, 4) is 11.3 Å². The average Bonchev–Trinajstić information content (AvgIpc) is 3.49. The maximum atomic E-state index is 13.2. The minimum absolute atomic E-state index is 0.273. The summed E-state index contributed by atoms with van der Waals surface area (Å²) in [6.07, 6.45) is 3.89. The highest BCUT2D eigenvalue weighted by Crippen LogP contribution is 2.26. The molecule has 0 fully saturated rings. The van der Waals surface area contributed by atoms with Crippen LogP contribution in [0.5, 0.6) is 0 Å². The van der Waals surface area contributed by atoms with Gasteiger partial charge < -0.3 is 14.3 Å². The van der Waals surface area contributed by atoms with E-state index < -0.39 is 0 Å². The second kappa shape index (κ2) is 9.97. The van der Waals surface area contributed by atoms with Crippen molar-refractivity contribution >= 4 is 22.6 Å². The topological polar surface area (TPSA) is 73.0 Å². The van der Waals surface area contributed by atoms with Gasteiger partial charge in [0.1, 0.15) is 5.82 Å². The molecule has 0 aliphatic heterocycles. The number of rotatable bonds is 8. The molecule has 0 spiro atoms. The van der Waals surface area contributed by atoms with Crippen molar-refractivity contribution in [3.63, 3.8) is 0 Å². The zero-order valence-corrected chi connectivity index (χ0v) is 20.0. The maximum Gasteiger partial charge on any atom is 0.278 e. The Morgan fingerprint density at radius 3 is 2.69 bits per heavy atom. The number of nitrogens with zero attached hydrogens (tertiary/aromatic N) is 3. The average molecular weight is 465 g/mol. The molecule has 0 saturated heterocycles. The highest BCUT2D eigenvalue weighted by molar-refractivity contribution is 6.06. The number of imidazole rings is 1. The number of fused-ring (bicyclic) bond motifs is 1. The Balaban J connectivity index is 1.37. The summed E-state index contributed by atoms with van der Waals surface area (Å²) in [4.78, 5) is 22.3. The Hall–Kier alpha value is -4.19. The van der Waals surface area contributed by atoms with Gasteiger partial charge in [0.2, 0.25) is 0 Å². The number of carbonyl (C=O) groups is 1. The van der Waals surface area contributed by atoms with Crippen molar-refractivity contribution in [1.82, 2.24) is 14.5 Å². The maximum absolute atomic E-state index is 13.2. The number of aromatic nitrogens is 3. The van der Waals surface area contributed by atoms with Crippen molar-refractivity contribution in [2.45, 2.75) is 39.7 Å². The van der Waals surface area contributed by atoms with Crippen molar-refractivity contribution in [2.24, 2.45) is 0 Å². The van der Waals surface area contributed by atoms with Crippen LogP contribution in [0, 0.1) is 6.92 Å². The monoisotopic (exact) mass is 464 g/mol. The minimum atomic E-state index is -0.291. The Bertz CT molecular complexity index is 1480. The van der Waals surface area contributed by atoms with Gasteiger partial charge in [-0.25, -0.2) is 9.97 Å². The fourth-order valence-electron chi connectivity index (χ4n) is 4.48. The van der Waals surface area contributed by atoms with Crippen molar-refractivity contribution in [2.75, 3.05) is 5.32 Å². The molecule has 0 bridgehead atoms. The molecule has 2 heterocycles. The van der Waals surface area contributed by atoms with Crippen LogP contribution in [0.1, 0.15) is 40.8 Å². The summed E-state index contributed by atoms with van der Waals surface area (Å²) >= 11 is 0. The zero-order chi connectivity index (χ0) is 24.2. The molecule has 0 aliphatic carbocycles. The normalized spacial score (nSPS) is 11.1. The second-order valence-corrected chi connectivity index (χ2v) is 8.68. The first-order valence-electron chi connectivity index (χ1n) is 12.0. The SMILES string of the molecule is CCCn1c(CCc2ccccc2NC(=O)c2ncoc2-c2cccc(C)c2)nc2ccccc21. The van der Waals surface area contributed by atoms with Gasteiger partial charge in [0, 0.05) is 24.2 Å². The predicted molar refractivity (Wildman–Crippen MR) is 139 cm³/mol. The van der Waals surface area contributed by atoms with E-state index in [1.807, 2.05) is 61.5 Å². The summed E-state index contributed by atoms with van der Waals surface area (Å²) in [6, 6.07) is 24.0. The fourth-order valence-corrected chi connectivity index (χ4v) is 4.48. The Kier molecular flexibility index (Phi) is 6.44. The van der Waals surface area contributed by atoms with Crippen LogP contribution < -0.4 is 5.32 Å². The third-order valence-electron chi connectivity index (χ3n) is 6.13. The lowest BCUT2D eigenvalue weighted by Crippen LogP contribution is -2.15. The van der Waals surface area contributed by atoms with Crippen LogP contribution in [0.2, 0.25) is 0 Å². The van der Waals surface area contributed by atoms with Gasteiger partial charge in [-0.15, -0.1) is 0 Å². The van der Waals surface area contributed by atoms with E-state index in [-0.39, 0.29) is 11.6 Å². The lowest BCUT2D eigenvalue weighted by atomic mass is 10.1. The molecule has 0 saturated carbocycles. The minimum Gasteiger partial charge on any atom is -0.443 e. The number of hydrogen-bond donors (Lipinski definition) is 1. The van der Waals surface area contributed by atoms with E-state index >= 15 is 0 Å². The molecule has 1 N–H and O–H groups in total. The number of oxazole rings is 1.